The molecule has 0 spiro atoms. The predicted molar refractivity (Wildman–Crippen MR) is 71.0 cm³/mol. The molecule has 1 aromatic carbocycles. The van der Waals surface area contributed by atoms with Gasteiger partial charge in [0.25, 0.3) is 0 Å². The van der Waals surface area contributed by atoms with E-state index in [0.29, 0.717) is 12.4 Å². The van der Waals surface area contributed by atoms with Crippen LogP contribution in [0, 0.1) is 17.0 Å². The van der Waals surface area contributed by atoms with Gasteiger partial charge in [-0.25, -0.2) is 0 Å². The Morgan fingerprint density at radius 3 is 2.76 bits per heavy atom. The van der Waals surface area contributed by atoms with Crippen molar-refractivity contribution >= 4 is 21.6 Å². The van der Waals surface area contributed by atoms with Crippen molar-refractivity contribution in [2.75, 3.05) is 11.9 Å². The third kappa shape index (κ3) is 4.73. The quantitative estimate of drug-likeness (QED) is 0.333. The lowest BCUT2D eigenvalue weighted by atomic mass is 10.2. The third-order valence-electron chi connectivity index (χ3n) is 2.35. The van der Waals surface area contributed by atoms with E-state index in [9.17, 15) is 10.1 Å². The molecule has 0 heterocycles. The fraction of sp³-hybridized carbons (Fsp3) is 0.500. The zero-order valence-corrected chi connectivity index (χ0v) is 11.4. The Bertz CT molecular complexity index is 382. The number of benzene rings is 1. The standard InChI is InChI=1S/C12H16BrNO3/c1-10-5-6-11(14(15)16)12(9-10)17-8-4-2-3-7-13/h5-6,9H,2-4,7-8H2,1H3. The molecule has 4 nitrogen and oxygen atoms in total. The number of nitro groups is 1. The normalized spacial score (nSPS) is 10.2. The van der Waals surface area contributed by atoms with Crippen molar-refractivity contribution in [1.29, 1.82) is 0 Å². The Labute approximate surface area is 109 Å². The van der Waals surface area contributed by atoms with Gasteiger partial charge in [-0.05, 0) is 37.8 Å². The van der Waals surface area contributed by atoms with E-state index < -0.39 is 4.92 Å². The van der Waals surface area contributed by atoms with Gasteiger partial charge in [0.1, 0.15) is 0 Å². The first kappa shape index (κ1) is 14.0. The highest BCUT2D eigenvalue weighted by atomic mass is 79.9. The lowest BCUT2D eigenvalue weighted by Crippen LogP contribution is -2.01. The molecular weight excluding hydrogens is 286 g/mol. The van der Waals surface area contributed by atoms with Crippen LogP contribution in [0.1, 0.15) is 24.8 Å². The minimum atomic E-state index is -0.409. The van der Waals surface area contributed by atoms with Crippen molar-refractivity contribution in [3.05, 3.63) is 33.9 Å². The number of halogens is 1. The maximum Gasteiger partial charge on any atom is 0.310 e. The van der Waals surface area contributed by atoms with Crippen molar-refractivity contribution in [3.8, 4) is 5.75 Å². The lowest BCUT2D eigenvalue weighted by Gasteiger charge is -2.07. The molecule has 0 amide bonds. The van der Waals surface area contributed by atoms with E-state index in [0.717, 1.165) is 30.2 Å². The summed E-state index contributed by atoms with van der Waals surface area (Å²) >= 11 is 3.36. The molecule has 0 aromatic heterocycles. The number of rotatable bonds is 7. The van der Waals surface area contributed by atoms with Crippen LogP contribution in [-0.4, -0.2) is 16.9 Å². The molecular formula is C12H16BrNO3. The highest BCUT2D eigenvalue weighted by molar-refractivity contribution is 9.09. The highest BCUT2D eigenvalue weighted by Gasteiger charge is 2.14. The van der Waals surface area contributed by atoms with Gasteiger partial charge in [0.15, 0.2) is 5.75 Å². The van der Waals surface area contributed by atoms with Crippen LogP contribution in [0.15, 0.2) is 18.2 Å². The number of alkyl halides is 1. The van der Waals surface area contributed by atoms with Crippen LogP contribution >= 0.6 is 15.9 Å². The minimum Gasteiger partial charge on any atom is -0.487 e. The molecule has 94 valence electrons. The van der Waals surface area contributed by atoms with Gasteiger partial charge in [-0.15, -0.1) is 0 Å². The summed E-state index contributed by atoms with van der Waals surface area (Å²) in [5, 5.41) is 11.8. The molecule has 0 saturated carbocycles. The predicted octanol–water partition coefficient (Wildman–Crippen LogP) is 3.85. The summed E-state index contributed by atoms with van der Waals surface area (Å²) in [5.41, 5.74) is 1.00. The molecule has 0 bridgehead atoms. The van der Waals surface area contributed by atoms with Crippen LogP contribution in [0.25, 0.3) is 0 Å². The van der Waals surface area contributed by atoms with Crippen molar-refractivity contribution in [3.63, 3.8) is 0 Å². The van der Waals surface area contributed by atoms with Crippen molar-refractivity contribution in [2.24, 2.45) is 0 Å². The number of hydrogen-bond donors (Lipinski definition) is 0. The van der Waals surface area contributed by atoms with Crippen LogP contribution in [0.4, 0.5) is 5.69 Å². The van der Waals surface area contributed by atoms with Crippen LogP contribution < -0.4 is 4.74 Å². The van der Waals surface area contributed by atoms with Crippen LogP contribution in [0.5, 0.6) is 5.75 Å². The number of nitro benzene ring substituents is 1. The smallest absolute Gasteiger partial charge is 0.310 e. The van der Waals surface area contributed by atoms with Gasteiger partial charge >= 0.3 is 5.69 Å². The van der Waals surface area contributed by atoms with Crippen molar-refractivity contribution in [2.45, 2.75) is 26.2 Å². The van der Waals surface area contributed by atoms with Gasteiger partial charge in [0.2, 0.25) is 0 Å². The Kier molecular flexibility index (Phi) is 5.97. The molecule has 0 saturated heterocycles. The lowest BCUT2D eigenvalue weighted by molar-refractivity contribution is -0.385. The van der Waals surface area contributed by atoms with E-state index in [-0.39, 0.29) is 5.69 Å². The number of ether oxygens (including phenoxy) is 1. The Hall–Kier alpha value is -1.10. The molecule has 0 aliphatic carbocycles. The summed E-state index contributed by atoms with van der Waals surface area (Å²) in [7, 11) is 0. The Morgan fingerprint density at radius 1 is 1.35 bits per heavy atom. The summed E-state index contributed by atoms with van der Waals surface area (Å²) in [5.74, 6) is 0.369. The van der Waals surface area contributed by atoms with Crippen LogP contribution in [0.3, 0.4) is 0 Å². The molecule has 0 N–H and O–H groups in total. The summed E-state index contributed by atoms with van der Waals surface area (Å²) in [4.78, 5) is 10.4. The van der Waals surface area contributed by atoms with Gasteiger partial charge in [0, 0.05) is 11.4 Å². The highest BCUT2D eigenvalue weighted by Crippen LogP contribution is 2.27. The van der Waals surface area contributed by atoms with Crippen LogP contribution in [-0.2, 0) is 0 Å². The summed E-state index contributed by atoms with van der Waals surface area (Å²) in [6.07, 6.45) is 3.07. The van der Waals surface area contributed by atoms with E-state index >= 15 is 0 Å². The minimum absolute atomic E-state index is 0.0380. The number of aryl methyl sites for hydroxylation is 1. The second-order valence-electron chi connectivity index (χ2n) is 3.83. The summed E-state index contributed by atoms with van der Waals surface area (Å²) < 4.78 is 5.47. The number of unbranched alkanes of at least 4 members (excludes halogenated alkanes) is 2. The SMILES string of the molecule is Cc1ccc([N+](=O)[O-])c(OCCCCCBr)c1. The largest absolute Gasteiger partial charge is 0.487 e. The fourth-order valence-electron chi connectivity index (χ4n) is 1.44. The molecule has 0 unspecified atom stereocenters. The molecule has 0 radical (unpaired) electrons. The van der Waals surface area contributed by atoms with Gasteiger partial charge in [0.05, 0.1) is 11.5 Å². The molecule has 5 heteroatoms. The molecule has 0 aliphatic heterocycles. The van der Waals surface area contributed by atoms with Gasteiger partial charge in [-0.2, -0.15) is 0 Å². The molecule has 1 aromatic rings. The number of nitrogens with zero attached hydrogens (tertiary/aromatic N) is 1. The number of hydrogen-bond acceptors (Lipinski definition) is 3. The zero-order valence-electron chi connectivity index (χ0n) is 9.82. The van der Waals surface area contributed by atoms with E-state index in [1.165, 1.54) is 6.07 Å². The molecule has 0 aliphatic rings. The van der Waals surface area contributed by atoms with Crippen LogP contribution in [0.2, 0.25) is 0 Å². The Morgan fingerprint density at radius 2 is 2.12 bits per heavy atom. The molecule has 1 rings (SSSR count). The second-order valence-corrected chi connectivity index (χ2v) is 4.62. The van der Waals surface area contributed by atoms with E-state index in [1.54, 1.807) is 12.1 Å². The van der Waals surface area contributed by atoms with Gasteiger partial charge < -0.3 is 4.74 Å². The average Bonchev–Trinajstić information content (AvgIpc) is 2.28. The summed E-state index contributed by atoms with van der Waals surface area (Å²) in [6.45, 7) is 2.42. The van der Waals surface area contributed by atoms with Gasteiger partial charge in [-0.1, -0.05) is 22.0 Å². The first-order valence-electron chi connectivity index (χ1n) is 5.59. The Balaban J connectivity index is 2.56. The van der Waals surface area contributed by atoms with Crippen molar-refractivity contribution < 1.29 is 9.66 Å². The molecule has 17 heavy (non-hydrogen) atoms. The van der Waals surface area contributed by atoms with Crippen molar-refractivity contribution in [1.82, 2.24) is 0 Å². The van der Waals surface area contributed by atoms with E-state index in [1.807, 2.05) is 6.92 Å². The first-order valence-corrected chi connectivity index (χ1v) is 6.71. The third-order valence-corrected chi connectivity index (χ3v) is 2.91. The monoisotopic (exact) mass is 301 g/mol. The molecule has 0 fully saturated rings. The second kappa shape index (κ2) is 7.27. The zero-order chi connectivity index (χ0) is 12.7. The van der Waals surface area contributed by atoms with E-state index in [4.69, 9.17) is 4.74 Å². The topological polar surface area (TPSA) is 52.4 Å². The summed E-state index contributed by atoms with van der Waals surface area (Å²) in [6, 6.07) is 4.92. The first-order chi connectivity index (χ1) is 8.15. The fourth-order valence-corrected chi connectivity index (χ4v) is 1.84. The van der Waals surface area contributed by atoms with Gasteiger partial charge in [-0.3, -0.25) is 10.1 Å². The maximum absolute atomic E-state index is 10.8. The van der Waals surface area contributed by atoms with E-state index in [2.05, 4.69) is 15.9 Å². The maximum atomic E-state index is 10.8. The average molecular weight is 302 g/mol. The molecule has 0 atom stereocenters.